The first-order chi connectivity index (χ1) is 6.24. The highest BCUT2D eigenvalue weighted by Crippen LogP contribution is 2.19. The number of nitrogens with two attached hydrogens (primary N) is 1. The Labute approximate surface area is 89.6 Å². The first-order valence-corrected chi connectivity index (χ1v) is 5.73. The van der Waals surface area contributed by atoms with Crippen molar-refractivity contribution in [2.24, 2.45) is 23.5 Å². The molecule has 0 radical (unpaired) electrons. The van der Waals surface area contributed by atoms with Gasteiger partial charge in [0.2, 0.25) is 0 Å². The van der Waals surface area contributed by atoms with Crippen LogP contribution in [0.2, 0.25) is 0 Å². The lowest BCUT2D eigenvalue weighted by molar-refractivity contribution is 0.269. The molecule has 3 N–H and O–H groups in total. The lowest BCUT2D eigenvalue weighted by Crippen LogP contribution is -2.45. The minimum atomic E-state index is -0.0987. The topological polar surface area (TPSA) is 38.0 Å². The average Bonchev–Trinajstić information content (AvgIpc) is 1.94. The fraction of sp³-hybridized carbons (Fsp3) is 1.00. The summed E-state index contributed by atoms with van der Waals surface area (Å²) in [6.07, 6.45) is 0. The summed E-state index contributed by atoms with van der Waals surface area (Å²) in [5.74, 6) is 2.23. The van der Waals surface area contributed by atoms with Gasteiger partial charge in [-0.25, -0.2) is 0 Å². The molecule has 0 aliphatic carbocycles. The molecule has 86 valence electrons. The van der Waals surface area contributed by atoms with Gasteiger partial charge in [-0.1, -0.05) is 27.7 Å². The van der Waals surface area contributed by atoms with Crippen LogP contribution in [0.15, 0.2) is 0 Å². The van der Waals surface area contributed by atoms with Crippen LogP contribution in [0.5, 0.6) is 0 Å². The van der Waals surface area contributed by atoms with Crippen LogP contribution in [-0.4, -0.2) is 18.6 Å². The predicted molar refractivity (Wildman–Crippen MR) is 64.3 cm³/mol. The number of hydrogen-bond acceptors (Lipinski definition) is 2. The van der Waals surface area contributed by atoms with Gasteiger partial charge in [-0.2, -0.15) is 0 Å². The summed E-state index contributed by atoms with van der Waals surface area (Å²) in [5, 5.41) is 3.46. The van der Waals surface area contributed by atoms with Gasteiger partial charge in [-0.3, -0.25) is 0 Å². The molecule has 0 aromatic heterocycles. The predicted octanol–water partition coefficient (Wildman–Crippen LogP) is 2.24. The van der Waals surface area contributed by atoms with E-state index < -0.39 is 0 Å². The fourth-order valence-electron chi connectivity index (χ4n) is 1.80. The third-order valence-corrected chi connectivity index (χ3v) is 2.67. The molecule has 0 bridgehead atoms. The van der Waals surface area contributed by atoms with Crippen LogP contribution in [0.3, 0.4) is 0 Å². The zero-order valence-electron chi connectivity index (χ0n) is 10.7. The highest BCUT2D eigenvalue weighted by molar-refractivity contribution is 4.77. The lowest BCUT2D eigenvalue weighted by atomic mass is 9.85. The molecule has 0 saturated carbocycles. The van der Waals surface area contributed by atoms with E-state index in [0.717, 1.165) is 30.8 Å². The summed E-state index contributed by atoms with van der Waals surface area (Å²) < 4.78 is 0. The standard InChI is InChI=1S/C12H28N2/c1-9(2)11(10(3)4)7-14-8-12(5,6)13/h9-11,14H,7-8,13H2,1-6H3. The monoisotopic (exact) mass is 200 g/mol. The molecule has 0 heterocycles. The van der Waals surface area contributed by atoms with Crippen molar-refractivity contribution in [1.82, 2.24) is 5.32 Å². The van der Waals surface area contributed by atoms with Gasteiger partial charge in [0.1, 0.15) is 0 Å². The molecule has 0 atom stereocenters. The second-order valence-corrected chi connectivity index (χ2v) is 5.77. The molecule has 0 aliphatic heterocycles. The van der Waals surface area contributed by atoms with Crippen molar-refractivity contribution in [3.63, 3.8) is 0 Å². The summed E-state index contributed by atoms with van der Waals surface area (Å²) in [4.78, 5) is 0. The molecule has 0 aliphatic rings. The van der Waals surface area contributed by atoms with Crippen LogP contribution in [0.25, 0.3) is 0 Å². The molecule has 0 aromatic carbocycles. The average molecular weight is 200 g/mol. The van der Waals surface area contributed by atoms with E-state index >= 15 is 0 Å². The quantitative estimate of drug-likeness (QED) is 0.690. The van der Waals surface area contributed by atoms with E-state index in [1.807, 2.05) is 0 Å². The Bertz CT molecular complexity index is 137. The summed E-state index contributed by atoms with van der Waals surface area (Å²) in [7, 11) is 0. The van der Waals surface area contributed by atoms with Gasteiger partial charge in [-0.15, -0.1) is 0 Å². The van der Waals surface area contributed by atoms with Crippen molar-refractivity contribution in [2.45, 2.75) is 47.1 Å². The van der Waals surface area contributed by atoms with Gasteiger partial charge in [0.15, 0.2) is 0 Å². The van der Waals surface area contributed by atoms with Gasteiger partial charge in [0, 0.05) is 12.1 Å². The van der Waals surface area contributed by atoms with E-state index in [-0.39, 0.29) is 5.54 Å². The summed E-state index contributed by atoms with van der Waals surface area (Å²) >= 11 is 0. The fourth-order valence-corrected chi connectivity index (χ4v) is 1.80. The Morgan fingerprint density at radius 1 is 1.07 bits per heavy atom. The number of hydrogen-bond donors (Lipinski definition) is 2. The Morgan fingerprint density at radius 3 is 1.79 bits per heavy atom. The maximum atomic E-state index is 5.91. The van der Waals surface area contributed by atoms with Crippen molar-refractivity contribution < 1.29 is 0 Å². The van der Waals surface area contributed by atoms with E-state index in [0.29, 0.717) is 0 Å². The minimum Gasteiger partial charge on any atom is -0.324 e. The van der Waals surface area contributed by atoms with Crippen molar-refractivity contribution >= 4 is 0 Å². The smallest absolute Gasteiger partial charge is 0.0223 e. The normalized spacial score (nSPS) is 13.3. The molecular weight excluding hydrogens is 172 g/mol. The first-order valence-electron chi connectivity index (χ1n) is 5.73. The molecule has 0 unspecified atom stereocenters. The van der Waals surface area contributed by atoms with E-state index in [4.69, 9.17) is 5.73 Å². The molecule has 0 amide bonds. The maximum absolute atomic E-state index is 5.91. The SMILES string of the molecule is CC(C)C(CNCC(C)(C)N)C(C)C. The summed E-state index contributed by atoms with van der Waals surface area (Å²) in [6, 6.07) is 0. The molecule has 2 nitrogen and oxygen atoms in total. The molecule has 0 spiro atoms. The van der Waals surface area contributed by atoms with Gasteiger partial charge in [-0.05, 0) is 38.1 Å². The van der Waals surface area contributed by atoms with E-state index in [1.165, 1.54) is 0 Å². The van der Waals surface area contributed by atoms with E-state index in [2.05, 4.69) is 46.9 Å². The van der Waals surface area contributed by atoms with Crippen molar-refractivity contribution in [3.05, 3.63) is 0 Å². The third kappa shape index (κ3) is 6.39. The summed E-state index contributed by atoms with van der Waals surface area (Å²) in [5.41, 5.74) is 5.81. The second-order valence-electron chi connectivity index (χ2n) is 5.77. The molecule has 0 fully saturated rings. The second kappa shape index (κ2) is 5.72. The molecular formula is C12H28N2. The van der Waals surface area contributed by atoms with Crippen LogP contribution in [0, 0.1) is 17.8 Å². The van der Waals surface area contributed by atoms with Crippen LogP contribution < -0.4 is 11.1 Å². The van der Waals surface area contributed by atoms with Gasteiger partial charge < -0.3 is 11.1 Å². The van der Waals surface area contributed by atoms with Gasteiger partial charge in [0.25, 0.3) is 0 Å². The Hall–Kier alpha value is -0.0800. The molecule has 0 rings (SSSR count). The highest BCUT2D eigenvalue weighted by atomic mass is 14.9. The molecule has 14 heavy (non-hydrogen) atoms. The summed E-state index contributed by atoms with van der Waals surface area (Å²) in [6.45, 7) is 15.2. The highest BCUT2D eigenvalue weighted by Gasteiger charge is 2.18. The van der Waals surface area contributed by atoms with Gasteiger partial charge in [0.05, 0.1) is 0 Å². The Balaban J connectivity index is 3.84. The van der Waals surface area contributed by atoms with Crippen LogP contribution in [-0.2, 0) is 0 Å². The zero-order chi connectivity index (χ0) is 11.4. The Kier molecular flexibility index (Phi) is 5.68. The van der Waals surface area contributed by atoms with Crippen molar-refractivity contribution in [3.8, 4) is 0 Å². The molecule has 2 heteroatoms. The largest absolute Gasteiger partial charge is 0.324 e. The van der Waals surface area contributed by atoms with E-state index in [9.17, 15) is 0 Å². The first kappa shape index (κ1) is 13.9. The number of nitrogens with one attached hydrogen (secondary N) is 1. The minimum absolute atomic E-state index is 0.0987. The van der Waals surface area contributed by atoms with E-state index in [1.54, 1.807) is 0 Å². The molecule has 0 saturated heterocycles. The van der Waals surface area contributed by atoms with Crippen LogP contribution in [0.4, 0.5) is 0 Å². The van der Waals surface area contributed by atoms with Gasteiger partial charge >= 0.3 is 0 Å². The van der Waals surface area contributed by atoms with Crippen molar-refractivity contribution in [1.29, 1.82) is 0 Å². The van der Waals surface area contributed by atoms with Crippen LogP contribution in [0.1, 0.15) is 41.5 Å². The lowest BCUT2D eigenvalue weighted by Gasteiger charge is -2.27. The van der Waals surface area contributed by atoms with Crippen LogP contribution >= 0.6 is 0 Å². The van der Waals surface area contributed by atoms with Crippen molar-refractivity contribution in [2.75, 3.05) is 13.1 Å². The maximum Gasteiger partial charge on any atom is 0.0223 e. The Morgan fingerprint density at radius 2 is 1.50 bits per heavy atom. The number of rotatable bonds is 6. The third-order valence-electron chi connectivity index (χ3n) is 2.67. The zero-order valence-corrected chi connectivity index (χ0v) is 10.7. The molecule has 0 aromatic rings.